The minimum absolute atomic E-state index is 0.759. The summed E-state index contributed by atoms with van der Waals surface area (Å²) >= 11 is 1.44. The van der Waals surface area contributed by atoms with Crippen LogP contribution in [0.25, 0.3) is 0 Å². The van der Waals surface area contributed by atoms with Gasteiger partial charge in [0.2, 0.25) is 5.13 Å². The Morgan fingerprint density at radius 2 is 2.55 bits per heavy atom. The summed E-state index contributed by atoms with van der Waals surface area (Å²) in [6.07, 6.45) is 1.67. The van der Waals surface area contributed by atoms with Crippen LogP contribution in [0.3, 0.4) is 0 Å². The SMILES string of the molecule is c1cc(Nc2nncs2)[nH]n1. The van der Waals surface area contributed by atoms with Gasteiger partial charge < -0.3 is 5.32 Å². The van der Waals surface area contributed by atoms with Gasteiger partial charge in [0, 0.05) is 6.07 Å². The number of hydrogen-bond acceptors (Lipinski definition) is 5. The number of hydrogen-bond donors (Lipinski definition) is 2. The molecule has 0 aliphatic rings. The van der Waals surface area contributed by atoms with Crippen LogP contribution >= 0.6 is 11.3 Å². The molecule has 0 aliphatic heterocycles. The van der Waals surface area contributed by atoms with Gasteiger partial charge in [-0.05, 0) is 0 Å². The van der Waals surface area contributed by atoms with Gasteiger partial charge in [-0.2, -0.15) is 5.10 Å². The molecule has 11 heavy (non-hydrogen) atoms. The van der Waals surface area contributed by atoms with Crippen LogP contribution in [0.15, 0.2) is 17.8 Å². The Labute approximate surface area is 66.5 Å². The number of aromatic amines is 1. The Balaban J connectivity index is 2.14. The van der Waals surface area contributed by atoms with Crippen LogP contribution in [0, 0.1) is 0 Å². The Morgan fingerprint density at radius 1 is 1.55 bits per heavy atom. The summed E-state index contributed by atoms with van der Waals surface area (Å²) < 4.78 is 0. The molecule has 2 N–H and O–H groups in total. The topological polar surface area (TPSA) is 66.5 Å². The smallest absolute Gasteiger partial charge is 0.210 e. The molecule has 0 saturated heterocycles. The fourth-order valence-electron chi connectivity index (χ4n) is 0.668. The number of nitrogens with one attached hydrogen (secondary N) is 2. The lowest BCUT2D eigenvalue weighted by Gasteiger charge is -1.93. The molecule has 0 aliphatic carbocycles. The van der Waals surface area contributed by atoms with Crippen molar-refractivity contribution in [2.75, 3.05) is 5.32 Å². The molecule has 0 radical (unpaired) electrons. The van der Waals surface area contributed by atoms with Crippen molar-refractivity contribution >= 4 is 22.3 Å². The van der Waals surface area contributed by atoms with Crippen molar-refractivity contribution in [3.63, 3.8) is 0 Å². The molecule has 2 heterocycles. The first-order chi connectivity index (χ1) is 5.45. The first kappa shape index (κ1) is 6.29. The number of anilines is 2. The molecule has 56 valence electrons. The molecule has 0 fully saturated rings. The third-order valence-corrected chi connectivity index (χ3v) is 1.71. The first-order valence-corrected chi connectivity index (χ1v) is 3.86. The van der Waals surface area contributed by atoms with Crippen molar-refractivity contribution in [3.8, 4) is 0 Å². The molecule has 0 bridgehead atoms. The molecule has 6 heteroatoms. The lowest BCUT2D eigenvalue weighted by atomic mass is 10.6. The van der Waals surface area contributed by atoms with Gasteiger partial charge >= 0.3 is 0 Å². The standard InChI is InChI=1S/C5H5N5S/c1-2-6-9-4(1)8-5-10-7-3-11-5/h1-3H,(H2,6,8,9,10). The summed E-state index contributed by atoms with van der Waals surface area (Å²) in [7, 11) is 0. The minimum atomic E-state index is 0.759. The quantitative estimate of drug-likeness (QED) is 0.700. The zero-order chi connectivity index (χ0) is 7.52. The van der Waals surface area contributed by atoms with Crippen LogP contribution in [0.4, 0.5) is 10.9 Å². The van der Waals surface area contributed by atoms with Crippen LogP contribution in [0.5, 0.6) is 0 Å². The van der Waals surface area contributed by atoms with Gasteiger partial charge in [0.05, 0.1) is 6.20 Å². The van der Waals surface area contributed by atoms with Gasteiger partial charge in [0.1, 0.15) is 11.3 Å². The summed E-state index contributed by atoms with van der Waals surface area (Å²) in [6.45, 7) is 0. The molecule has 0 aromatic carbocycles. The minimum Gasteiger partial charge on any atom is -0.315 e. The van der Waals surface area contributed by atoms with Crippen LogP contribution < -0.4 is 5.32 Å². The Bertz CT molecular complexity index is 267. The van der Waals surface area contributed by atoms with E-state index in [0.717, 1.165) is 10.9 Å². The largest absolute Gasteiger partial charge is 0.315 e. The maximum atomic E-state index is 3.80. The second-order valence-electron chi connectivity index (χ2n) is 1.84. The maximum absolute atomic E-state index is 3.80. The molecule has 0 unspecified atom stereocenters. The van der Waals surface area contributed by atoms with Crippen LogP contribution in [0.2, 0.25) is 0 Å². The van der Waals surface area contributed by atoms with Gasteiger partial charge in [0.15, 0.2) is 0 Å². The van der Waals surface area contributed by atoms with E-state index in [-0.39, 0.29) is 0 Å². The third kappa shape index (κ3) is 1.35. The van der Waals surface area contributed by atoms with Crippen LogP contribution in [-0.2, 0) is 0 Å². The molecule has 0 atom stereocenters. The molecule has 0 spiro atoms. The highest BCUT2D eigenvalue weighted by molar-refractivity contribution is 7.13. The molecule has 0 amide bonds. The molecule has 2 aromatic heterocycles. The lowest BCUT2D eigenvalue weighted by molar-refractivity contribution is 1.07. The summed E-state index contributed by atoms with van der Waals surface area (Å²) in [5, 5.41) is 17.7. The summed E-state index contributed by atoms with van der Waals surface area (Å²) in [5.74, 6) is 0.821. The van der Waals surface area contributed by atoms with E-state index >= 15 is 0 Å². The predicted octanol–water partition coefficient (Wildman–Crippen LogP) is 1.00. The van der Waals surface area contributed by atoms with E-state index in [4.69, 9.17) is 0 Å². The highest BCUT2D eigenvalue weighted by Gasteiger charge is 1.96. The molecule has 2 aromatic rings. The fourth-order valence-corrected chi connectivity index (χ4v) is 1.13. The molecule has 5 nitrogen and oxygen atoms in total. The van der Waals surface area contributed by atoms with E-state index in [2.05, 4.69) is 25.7 Å². The Hall–Kier alpha value is -1.43. The summed E-state index contributed by atoms with van der Waals surface area (Å²) in [6, 6.07) is 1.82. The van der Waals surface area contributed by atoms with E-state index in [9.17, 15) is 0 Å². The van der Waals surface area contributed by atoms with Crippen molar-refractivity contribution in [1.82, 2.24) is 20.4 Å². The summed E-state index contributed by atoms with van der Waals surface area (Å²) in [5.41, 5.74) is 1.67. The van der Waals surface area contributed by atoms with Gasteiger partial charge in [-0.1, -0.05) is 11.3 Å². The highest BCUT2D eigenvalue weighted by atomic mass is 32.1. The Kier molecular flexibility index (Phi) is 1.53. The van der Waals surface area contributed by atoms with Crippen molar-refractivity contribution < 1.29 is 0 Å². The van der Waals surface area contributed by atoms with Crippen LogP contribution in [0.1, 0.15) is 0 Å². The van der Waals surface area contributed by atoms with E-state index in [1.165, 1.54) is 11.3 Å². The molecular weight excluding hydrogens is 162 g/mol. The van der Waals surface area contributed by atoms with E-state index < -0.39 is 0 Å². The number of aromatic nitrogens is 4. The van der Waals surface area contributed by atoms with Gasteiger partial charge in [0.25, 0.3) is 0 Å². The second kappa shape index (κ2) is 2.67. The fraction of sp³-hybridized carbons (Fsp3) is 0. The molecule has 2 rings (SSSR count). The lowest BCUT2D eigenvalue weighted by Crippen LogP contribution is -1.88. The number of H-pyrrole nitrogens is 1. The second-order valence-corrected chi connectivity index (χ2v) is 2.67. The van der Waals surface area contributed by atoms with Crippen molar-refractivity contribution in [2.24, 2.45) is 0 Å². The van der Waals surface area contributed by atoms with E-state index in [0.29, 0.717) is 0 Å². The highest BCUT2D eigenvalue weighted by Crippen LogP contribution is 2.13. The maximum Gasteiger partial charge on any atom is 0.210 e. The number of nitrogens with zero attached hydrogens (tertiary/aromatic N) is 3. The van der Waals surface area contributed by atoms with Gasteiger partial charge in [-0.3, -0.25) is 5.10 Å². The normalized spacial score (nSPS) is 9.82. The average Bonchev–Trinajstić information content (AvgIpc) is 2.60. The predicted molar refractivity (Wildman–Crippen MR) is 41.8 cm³/mol. The summed E-state index contributed by atoms with van der Waals surface area (Å²) in [4.78, 5) is 0. The first-order valence-electron chi connectivity index (χ1n) is 2.98. The van der Waals surface area contributed by atoms with Gasteiger partial charge in [-0.15, -0.1) is 10.2 Å². The van der Waals surface area contributed by atoms with Crippen LogP contribution in [-0.4, -0.2) is 20.4 Å². The molecule has 0 saturated carbocycles. The number of rotatable bonds is 2. The van der Waals surface area contributed by atoms with Crippen molar-refractivity contribution in [2.45, 2.75) is 0 Å². The van der Waals surface area contributed by atoms with Gasteiger partial charge in [-0.25, -0.2) is 0 Å². The monoisotopic (exact) mass is 167 g/mol. The Morgan fingerprint density at radius 3 is 3.18 bits per heavy atom. The zero-order valence-electron chi connectivity index (χ0n) is 5.48. The van der Waals surface area contributed by atoms with Crippen molar-refractivity contribution in [1.29, 1.82) is 0 Å². The molecular formula is C5H5N5S. The third-order valence-electron chi connectivity index (χ3n) is 1.10. The van der Waals surface area contributed by atoms with E-state index in [1.54, 1.807) is 11.7 Å². The van der Waals surface area contributed by atoms with Crippen molar-refractivity contribution in [3.05, 3.63) is 17.8 Å². The van der Waals surface area contributed by atoms with E-state index in [1.807, 2.05) is 6.07 Å². The zero-order valence-corrected chi connectivity index (χ0v) is 6.30. The average molecular weight is 167 g/mol.